The highest BCUT2D eigenvalue weighted by molar-refractivity contribution is 7.14. The summed E-state index contributed by atoms with van der Waals surface area (Å²) in [4.78, 5) is 28.6. The highest BCUT2D eigenvalue weighted by Crippen LogP contribution is 2.25. The lowest BCUT2D eigenvalue weighted by Gasteiger charge is -2.13. The number of carbonyl (C=O) groups excluding carboxylic acids is 2. The Morgan fingerprint density at radius 2 is 2.00 bits per heavy atom. The number of benzene rings is 1. The molecule has 5 nitrogen and oxygen atoms in total. The molecule has 134 valence electrons. The molecule has 0 aliphatic carbocycles. The summed E-state index contributed by atoms with van der Waals surface area (Å²) in [6, 6.07) is 11.6. The molecule has 0 saturated carbocycles. The Morgan fingerprint density at radius 1 is 1.19 bits per heavy atom. The maximum Gasteiger partial charge on any atom is 0.312 e. The molecule has 1 amide bonds. The monoisotopic (exact) mass is 386 g/mol. The van der Waals surface area contributed by atoms with Crippen LogP contribution in [0.1, 0.15) is 18.2 Å². The van der Waals surface area contributed by atoms with Crippen molar-refractivity contribution in [3.8, 4) is 10.6 Å². The summed E-state index contributed by atoms with van der Waals surface area (Å²) in [5.41, 5.74) is 2.69. The van der Waals surface area contributed by atoms with Crippen LogP contribution in [-0.2, 0) is 27.3 Å². The second-order valence-corrected chi connectivity index (χ2v) is 7.31. The maximum atomic E-state index is 12.1. The fourth-order valence-electron chi connectivity index (χ4n) is 2.28. The van der Waals surface area contributed by atoms with Crippen molar-refractivity contribution in [1.29, 1.82) is 0 Å². The van der Waals surface area contributed by atoms with Gasteiger partial charge in [0.2, 0.25) is 0 Å². The molecule has 1 aromatic carbocycles. The number of nitrogens with zero attached hydrogens (tertiary/aromatic N) is 1. The molecular weight excluding hydrogens is 368 g/mol. The van der Waals surface area contributed by atoms with E-state index in [1.165, 1.54) is 11.3 Å². The Kier molecular flexibility index (Phi) is 6.14. The van der Waals surface area contributed by atoms with Crippen LogP contribution in [0.5, 0.6) is 0 Å². The molecule has 0 aliphatic rings. The molecule has 1 atom stereocenters. The Bertz CT molecular complexity index is 860. The van der Waals surface area contributed by atoms with Crippen molar-refractivity contribution in [1.82, 2.24) is 10.3 Å². The molecule has 0 unspecified atom stereocenters. The summed E-state index contributed by atoms with van der Waals surface area (Å²) >= 11 is 3.09. The van der Waals surface area contributed by atoms with Gasteiger partial charge in [-0.25, -0.2) is 4.98 Å². The van der Waals surface area contributed by atoms with E-state index < -0.39 is 12.1 Å². The van der Waals surface area contributed by atoms with Crippen molar-refractivity contribution < 1.29 is 14.3 Å². The fraction of sp³-hybridized carbons (Fsp3) is 0.211. The lowest BCUT2D eigenvalue weighted by Crippen LogP contribution is -2.35. The molecule has 0 radical (unpaired) electrons. The standard InChI is InChI=1S/C19H18N2O3S2/c1-13(18(23)20-10-14-5-3-2-4-6-14)24-17(22)9-16-12-26-19(21-16)15-7-8-25-11-15/h2-8,11-13H,9-10H2,1H3,(H,20,23)/t13-/m0/s1. The smallest absolute Gasteiger partial charge is 0.312 e. The second kappa shape index (κ2) is 8.73. The van der Waals surface area contributed by atoms with Gasteiger partial charge in [0.05, 0.1) is 12.1 Å². The van der Waals surface area contributed by atoms with E-state index in [4.69, 9.17) is 4.74 Å². The topological polar surface area (TPSA) is 68.3 Å². The van der Waals surface area contributed by atoms with Crippen LogP contribution in [0.2, 0.25) is 0 Å². The fourth-order valence-corrected chi connectivity index (χ4v) is 3.81. The van der Waals surface area contributed by atoms with Crippen LogP contribution in [0.25, 0.3) is 10.6 Å². The van der Waals surface area contributed by atoms with Crippen LogP contribution in [0.3, 0.4) is 0 Å². The molecule has 3 rings (SSSR count). The van der Waals surface area contributed by atoms with Gasteiger partial charge in [-0.2, -0.15) is 11.3 Å². The number of ether oxygens (including phenoxy) is 1. The van der Waals surface area contributed by atoms with Crippen LogP contribution in [0.15, 0.2) is 52.5 Å². The van der Waals surface area contributed by atoms with Gasteiger partial charge in [0.25, 0.3) is 5.91 Å². The van der Waals surface area contributed by atoms with Gasteiger partial charge in [-0.05, 0) is 23.9 Å². The van der Waals surface area contributed by atoms with Gasteiger partial charge in [0.15, 0.2) is 6.10 Å². The minimum Gasteiger partial charge on any atom is -0.452 e. The number of carbonyl (C=O) groups is 2. The molecule has 1 N–H and O–H groups in total. The first-order chi connectivity index (χ1) is 12.6. The Morgan fingerprint density at radius 3 is 2.73 bits per heavy atom. The zero-order valence-electron chi connectivity index (χ0n) is 14.2. The van der Waals surface area contributed by atoms with E-state index in [1.54, 1.807) is 18.3 Å². The van der Waals surface area contributed by atoms with Crippen molar-refractivity contribution in [2.75, 3.05) is 0 Å². The number of rotatable bonds is 7. The number of thiazole rings is 1. The molecule has 0 bridgehead atoms. The second-order valence-electron chi connectivity index (χ2n) is 5.67. The number of hydrogen-bond acceptors (Lipinski definition) is 6. The number of thiophene rings is 1. The quantitative estimate of drug-likeness (QED) is 0.629. The summed E-state index contributed by atoms with van der Waals surface area (Å²) in [7, 11) is 0. The van der Waals surface area contributed by atoms with Gasteiger partial charge in [-0.1, -0.05) is 30.3 Å². The van der Waals surface area contributed by atoms with E-state index in [0.29, 0.717) is 12.2 Å². The van der Waals surface area contributed by atoms with E-state index in [2.05, 4.69) is 10.3 Å². The first-order valence-electron chi connectivity index (χ1n) is 8.10. The third-order valence-corrected chi connectivity index (χ3v) is 5.26. The minimum atomic E-state index is -0.846. The van der Waals surface area contributed by atoms with Crippen LogP contribution < -0.4 is 5.32 Å². The van der Waals surface area contributed by atoms with Crippen LogP contribution >= 0.6 is 22.7 Å². The summed E-state index contributed by atoms with van der Waals surface area (Å²) in [5.74, 6) is -0.783. The first kappa shape index (κ1) is 18.3. The lowest BCUT2D eigenvalue weighted by atomic mass is 10.2. The van der Waals surface area contributed by atoms with Crippen molar-refractivity contribution in [2.45, 2.75) is 26.0 Å². The van der Waals surface area contributed by atoms with Gasteiger partial charge in [0, 0.05) is 22.9 Å². The molecule has 2 aromatic heterocycles. The molecular formula is C19H18N2O3S2. The van der Waals surface area contributed by atoms with Crippen LogP contribution in [-0.4, -0.2) is 23.0 Å². The molecule has 26 heavy (non-hydrogen) atoms. The summed E-state index contributed by atoms with van der Waals surface area (Å²) in [6.07, 6.45) is -0.794. The van der Waals surface area contributed by atoms with Crippen LogP contribution in [0, 0.1) is 0 Å². The molecule has 0 aliphatic heterocycles. The molecule has 7 heteroatoms. The van der Waals surface area contributed by atoms with Gasteiger partial charge in [-0.15, -0.1) is 11.3 Å². The van der Waals surface area contributed by atoms with E-state index in [-0.39, 0.29) is 12.3 Å². The van der Waals surface area contributed by atoms with E-state index in [0.717, 1.165) is 16.1 Å². The van der Waals surface area contributed by atoms with Crippen molar-refractivity contribution in [3.63, 3.8) is 0 Å². The maximum absolute atomic E-state index is 12.1. The molecule has 2 heterocycles. The molecule has 0 spiro atoms. The van der Waals surface area contributed by atoms with E-state index in [1.807, 2.05) is 52.5 Å². The third kappa shape index (κ3) is 5.00. The predicted molar refractivity (Wildman–Crippen MR) is 103 cm³/mol. The summed E-state index contributed by atoms with van der Waals surface area (Å²) in [5, 5.41) is 9.48. The van der Waals surface area contributed by atoms with Gasteiger partial charge in [0.1, 0.15) is 5.01 Å². The van der Waals surface area contributed by atoms with Crippen LogP contribution in [0.4, 0.5) is 0 Å². The van der Waals surface area contributed by atoms with E-state index in [9.17, 15) is 9.59 Å². The van der Waals surface area contributed by atoms with Gasteiger partial charge < -0.3 is 10.1 Å². The minimum absolute atomic E-state index is 0.0525. The van der Waals surface area contributed by atoms with E-state index >= 15 is 0 Å². The predicted octanol–water partition coefficient (Wildman–Crippen LogP) is 3.66. The highest BCUT2D eigenvalue weighted by Gasteiger charge is 2.18. The average molecular weight is 386 g/mol. The molecule has 3 aromatic rings. The largest absolute Gasteiger partial charge is 0.452 e. The number of aromatic nitrogens is 1. The average Bonchev–Trinajstić information content (AvgIpc) is 3.32. The SMILES string of the molecule is C[C@H](OC(=O)Cc1csc(-c2ccsc2)n1)C(=O)NCc1ccccc1. The first-order valence-corrected chi connectivity index (χ1v) is 9.92. The van der Waals surface area contributed by atoms with Crippen molar-refractivity contribution in [3.05, 3.63) is 63.8 Å². The highest BCUT2D eigenvalue weighted by atomic mass is 32.1. The molecule has 0 fully saturated rings. The van der Waals surface area contributed by atoms with Gasteiger partial charge in [-0.3, -0.25) is 9.59 Å². The summed E-state index contributed by atoms with van der Waals surface area (Å²) < 4.78 is 5.22. The number of amides is 1. The lowest BCUT2D eigenvalue weighted by molar-refractivity contribution is -0.154. The molecule has 0 saturated heterocycles. The number of hydrogen-bond donors (Lipinski definition) is 1. The number of esters is 1. The normalized spacial score (nSPS) is 11.7. The van der Waals surface area contributed by atoms with Gasteiger partial charge >= 0.3 is 5.97 Å². The summed E-state index contributed by atoms with van der Waals surface area (Å²) in [6.45, 7) is 1.97. The Balaban J connectivity index is 1.47. The van der Waals surface area contributed by atoms with Crippen molar-refractivity contribution >= 4 is 34.6 Å². The Labute approximate surface area is 159 Å². The zero-order valence-corrected chi connectivity index (χ0v) is 15.8. The zero-order chi connectivity index (χ0) is 18.4. The third-order valence-electron chi connectivity index (χ3n) is 3.63. The van der Waals surface area contributed by atoms with Crippen molar-refractivity contribution in [2.24, 2.45) is 0 Å². The number of nitrogens with one attached hydrogen (secondary N) is 1. The Hall–Kier alpha value is -2.51.